The van der Waals surface area contributed by atoms with Crippen molar-refractivity contribution in [3.8, 4) is 0 Å². The molecule has 1 atom stereocenters. The van der Waals surface area contributed by atoms with Gasteiger partial charge in [-0.15, -0.1) is 0 Å². The van der Waals surface area contributed by atoms with Crippen LogP contribution in [0, 0.1) is 5.92 Å². The van der Waals surface area contributed by atoms with Crippen LogP contribution in [0.2, 0.25) is 0 Å². The van der Waals surface area contributed by atoms with Gasteiger partial charge in [-0.05, 0) is 46.1 Å². The largest absolute Gasteiger partial charge is 0.312 e. The number of sulfone groups is 1. The number of rotatable bonds is 8. The van der Waals surface area contributed by atoms with Crippen LogP contribution in [-0.4, -0.2) is 32.0 Å². The molecule has 0 aliphatic carbocycles. The zero-order valence-corrected chi connectivity index (χ0v) is 12.9. The van der Waals surface area contributed by atoms with E-state index in [2.05, 4.69) is 33.0 Å². The van der Waals surface area contributed by atoms with Crippen LogP contribution in [0.1, 0.15) is 53.9 Å². The Balaban J connectivity index is 3.62. The lowest BCUT2D eigenvalue weighted by Crippen LogP contribution is -2.38. The molecule has 0 saturated heterocycles. The highest BCUT2D eigenvalue weighted by molar-refractivity contribution is 7.91. The summed E-state index contributed by atoms with van der Waals surface area (Å²) < 4.78 is 22.6. The molecular weight excluding hydrogens is 234 g/mol. The van der Waals surface area contributed by atoms with Gasteiger partial charge in [-0.2, -0.15) is 0 Å². The standard InChI is InChI=1S/C13H29NO2S/c1-6-17(15,16)10-8-7-9-12(2)11-14-13(3,4)5/h12,14H,6-11H2,1-5H3. The van der Waals surface area contributed by atoms with E-state index in [0.29, 0.717) is 11.7 Å². The number of hydrogen-bond acceptors (Lipinski definition) is 3. The molecule has 0 aromatic rings. The molecule has 4 heteroatoms. The van der Waals surface area contributed by atoms with Gasteiger partial charge in [-0.3, -0.25) is 0 Å². The SMILES string of the molecule is CCS(=O)(=O)CCCCC(C)CNC(C)(C)C. The minimum Gasteiger partial charge on any atom is -0.312 e. The molecule has 1 N–H and O–H groups in total. The Morgan fingerprint density at radius 1 is 1.18 bits per heavy atom. The van der Waals surface area contributed by atoms with Crippen LogP contribution in [-0.2, 0) is 9.84 Å². The average molecular weight is 263 g/mol. The van der Waals surface area contributed by atoms with Crippen molar-refractivity contribution in [3.05, 3.63) is 0 Å². The molecule has 17 heavy (non-hydrogen) atoms. The summed E-state index contributed by atoms with van der Waals surface area (Å²) in [6.45, 7) is 11.4. The maximum absolute atomic E-state index is 11.3. The summed E-state index contributed by atoms with van der Waals surface area (Å²) in [5, 5.41) is 3.47. The zero-order valence-electron chi connectivity index (χ0n) is 12.0. The first-order valence-electron chi connectivity index (χ1n) is 6.62. The summed E-state index contributed by atoms with van der Waals surface area (Å²) >= 11 is 0. The van der Waals surface area contributed by atoms with Gasteiger partial charge in [0.05, 0.1) is 5.75 Å². The number of nitrogens with one attached hydrogen (secondary N) is 1. The summed E-state index contributed by atoms with van der Waals surface area (Å²) in [7, 11) is -2.77. The predicted molar refractivity (Wildman–Crippen MR) is 75.1 cm³/mol. The van der Waals surface area contributed by atoms with Crippen molar-refractivity contribution in [2.24, 2.45) is 5.92 Å². The van der Waals surface area contributed by atoms with Crippen LogP contribution in [0.3, 0.4) is 0 Å². The lowest BCUT2D eigenvalue weighted by Gasteiger charge is -2.23. The Labute approximate surface area is 107 Å². The monoisotopic (exact) mass is 263 g/mol. The van der Waals surface area contributed by atoms with E-state index in [1.807, 2.05) is 0 Å². The zero-order chi connectivity index (χ0) is 13.5. The Morgan fingerprint density at radius 2 is 1.76 bits per heavy atom. The third kappa shape index (κ3) is 10.8. The second-order valence-corrected chi connectivity index (χ2v) is 8.44. The summed E-state index contributed by atoms with van der Waals surface area (Å²) in [4.78, 5) is 0. The molecule has 104 valence electrons. The molecule has 0 bridgehead atoms. The highest BCUT2D eigenvalue weighted by Crippen LogP contribution is 2.10. The molecule has 0 aliphatic rings. The van der Waals surface area contributed by atoms with Crippen molar-refractivity contribution in [1.29, 1.82) is 0 Å². The van der Waals surface area contributed by atoms with Crippen molar-refractivity contribution in [3.63, 3.8) is 0 Å². The fourth-order valence-corrected chi connectivity index (χ4v) is 2.47. The summed E-state index contributed by atoms with van der Waals surface area (Å²) in [5.41, 5.74) is 0.166. The van der Waals surface area contributed by atoms with E-state index in [-0.39, 0.29) is 11.3 Å². The Bertz CT molecular complexity index is 291. The van der Waals surface area contributed by atoms with Gasteiger partial charge in [0.25, 0.3) is 0 Å². The fraction of sp³-hybridized carbons (Fsp3) is 1.00. The van der Waals surface area contributed by atoms with E-state index in [1.165, 1.54) is 0 Å². The average Bonchev–Trinajstić information content (AvgIpc) is 2.20. The summed E-state index contributed by atoms with van der Waals surface area (Å²) in [6.07, 6.45) is 2.91. The van der Waals surface area contributed by atoms with Gasteiger partial charge >= 0.3 is 0 Å². The van der Waals surface area contributed by atoms with Gasteiger partial charge in [0.1, 0.15) is 9.84 Å². The van der Waals surface area contributed by atoms with Crippen LogP contribution < -0.4 is 5.32 Å². The maximum atomic E-state index is 11.3. The minimum atomic E-state index is -2.77. The van der Waals surface area contributed by atoms with Crippen LogP contribution in [0.15, 0.2) is 0 Å². The first kappa shape index (κ1) is 16.9. The molecule has 0 radical (unpaired) electrons. The number of hydrogen-bond donors (Lipinski definition) is 1. The second kappa shape index (κ2) is 7.37. The van der Waals surface area contributed by atoms with Crippen LogP contribution in [0.4, 0.5) is 0 Å². The Hall–Kier alpha value is -0.0900. The summed E-state index contributed by atoms with van der Waals surface area (Å²) in [5.74, 6) is 1.23. The smallest absolute Gasteiger partial charge is 0.150 e. The van der Waals surface area contributed by atoms with Gasteiger partial charge in [0.15, 0.2) is 0 Å². The predicted octanol–water partition coefficient (Wildman–Crippen LogP) is 2.62. The third-order valence-electron chi connectivity index (χ3n) is 2.82. The highest BCUT2D eigenvalue weighted by Gasteiger charge is 2.11. The van der Waals surface area contributed by atoms with Gasteiger partial charge in [-0.25, -0.2) is 8.42 Å². The highest BCUT2D eigenvalue weighted by atomic mass is 32.2. The van der Waals surface area contributed by atoms with E-state index in [1.54, 1.807) is 6.92 Å². The molecule has 0 saturated carbocycles. The van der Waals surface area contributed by atoms with E-state index >= 15 is 0 Å². The van der Waals surface area contributed by atoms with Crippen molar-refractivity contribution in [2.75, 3.05) is 18.1 Å². The molecule has 0 fully saturated rings. The van der Waals surface area contributed by atoms with E-state index in [0.717, 1.165) is 25.8 Å². The minimum absolute atomic E-state index is 0.166. The van der Waals surface area contributed by atoms with E-state index in [4.69, 9.17) is 0 Å². The normalized spacial score (nSPS) is 14.9. The molecule has 0 aromatic carbocycles. The van der Waals surface area contributed by atoms with Gasteiger partial charge in [0.2, 0.25) is 0 Å². The van der Waals surface area contributed by atoms with E-state index in [9.17, 15) is 8.42 Å². The first-order valence-corrected chi connectivity index (χ1v) is 8.44. The van der Waals surface area contributed by atoms with Gasteiger partial charge < -0.3 is 5.32 Å². The number of unbranched alkanes of at least 4 members (excludes halogenated alkanes) is 1. The Kier molecular flexibility index (Phi) is 7.33. The maximum Gasteiger partial charge on any atom is 0.150 e. The second-order valence-electron chi connectivity index (χ2n) is 5.97. The van der Waals surface area contributed by atoms with Gasteiger partial charge in [0, 0.05) is 11.3 Å². The molecular formula is C13H29NO2S. The fourth-order valence-electron chi connectivity index (χ4n) is 1.54. The molecule has 0 spiro atoms. The van der Waals surface area contributed by atoms with Crippen LogP contribution >= 0.6 is 0 Å². The quantitative estimate of drug-likeness (QED) is 0.685. The molecule has 0 aromatic heterocycles. The van der Waals surface area contributed by atoms with Crippen LogP contribution in [0.25, 0.3) is 0 Å². The summed E-state index contributed by atoms with van der Waals surface area (Å²) in [6, 6.07) is 0. The molecule has 0 amide bonds. The molecule has 1 unspecified atom stereocenters. The molecule has 0 aliphatic heterocycles. The van der Waals surface area contributed by atoms with Crippen molar-refractivity contribution in [1.82, 2.24) is 5.32 Å². The van der Waals surface area contributed by atoms with E-state index < -0.39 is 9.84 Å². The van der Waals surface area contributed by atoms with Crippen molar-refractivity contribution < 1.29 is 8.42 Å². The van der Waals surface area contributed by atoms with Crippen molar-refractivity contribution >= 4 is 9.84 Å². The van der Waals surface area contributed by atoms with Gasteiger partial charge in [-0.1, -0.05) is 20.3 Å². The lowest BCUT2D eigenvalue weighted by molar-refractivity contribution is 0.368. The topological polar surface area (TPSA) is 46.2 Å². The van der Waals surface area contributed by atoms with Crippen molar-refractivity contribution in [2.45, 2.75) is 59.4 Å². The third-order valence-corrected chi connectivity index (χ3v) is 4.61. The van der Waals surface area contributed by atoms with Crippen LogP contribution in [0.5, 0.6) is 0 Å². The molecule has 0 heterocycles. The first-order chi connectivity index (χ1) is 7.66. The lowest BCUT2D eigenvalue weighted by atomic mass is 10.0. The molecule has 3 nitrogen and oxygen atoms in total. The molecule has 0 rings (SSSR count). The Morgan fingerprint density at radius 3 is 2.24 bits per heavy atom.